The number of nitrogens with zero attached hydrogens (tertiary/aromatic N) is 2. The number of hydrogen-bond acceptors (Lipinski definition) is 3. The molecule has 0 aromatic rings. The quantitative estimate of drug-likeness (QED) is 0.380. The van der Waals surface area contributed by atoms with Gasteiger partial charge in [-0.05, 0) is 31.3 Å². The van der Waals surface area contributed by atoms with Crippen LogP contribution in [0.15, 0.2) is 4.99 Å². The van der Waals surface area contributed by atoms with E-state index in [1.165, 1.54) is 12.2 Å². The minimum Gasteiger partial charge on any atom is -0.356 e. The molecule has 0 unspecified atom stereocenters. The predicted molar refractivity (Wildman–Crippen MR) is 84.9 cm³/mol. The first kappa shape index (κ1) is 18.1. The molecule has 0 aliphatic heterocycles. The summed E-state index contributed by atoms with van der Waals surface area (Å²) in [6.07, 6.45) is 5.48. The van der Waals surface area contributed by atoms with Crippen LogP contribution in [0.1, 0.15) is 26.2 Å². The van der Waals surface area contributed by atoms with Crippen LogP contribution >= 0.6 is 11.8 Å². The molecule has 0 saturated carbocycles. The third-order valence-corrected chi connectivity index (χ3v) is 3.18. The molecule has 0 spiro atoms. The van der Waals surface area contributed by atoms with E-state index in [9.17, 15) is 4.79 Å². The molecule has 0 rings (SSSR count). The molecule has 0 atom stereocenters. The molecule has 19 heavy (non-hydrogen) atoms. The van der Waals surface area contributed by atoms with Gasteiger partial charge in [-0.2, -0.15) is 11.8 Å². The number of rotatable bonds is 9. The van der Waals surface area contributed by atoms with Crippen molar-refractivity contribution < 1.29 is 4.79 Å². The zero-order valence-electron chi connectivity index (χ0n) is 12.7. The fourth-order valence-corrected chi connectivity index (χ4v) is 1.78. The van der Waals surface area contributed by atoms with Crippen LogP contribution in [0.25, 0.3) is 0 Å². The summed E-state index contributed by atoms with van der Waals surface area (Å²) < 4.78 is 0. The Hall–Kier alpha value is -0.910. The van der Waals surface area contributed by atoms with E-state index in [-0.39, 0.29) is 12.5 Å². The van der Waals surface area contributed by atoms with Crippen LogP contribution in [0.4, 0.5) is 0 Å². The maximum Gasteiger partial charge on any atom is 0.243 e. The van der Waals surface area contributed by atoms with Gasteiger partial charge in [0.05, 0.1) is 0 Å². The molecule has 6 heteroatoms. The second-order valence-corrected chi connectivity index (χ2v) is 5.49. The van der Waals surface area contributed by atoms with E-state index < -0.39 is 0 Å². The highest BCUT2D eigenvalue weighted by Crippen LogP contribution is 1.97. The van der Waals surface area contributed by atoms with Gasteiger partial charge >= 0.3 is 0 Å². The number of carbonyl (C=O) groups excluding carboxylic acids is 1. The van der Waals surface area contributed by atoms with Crippen LogP contribution in [0.2, 0.25) is 0 Å². The van der Waals surface area contributed by atoms with Gasteiger partial charge in [-0.1, -0.05) is 6.92 Å². The number of guanidine groups is 1. The Balaban J connectivity index is 4.06. The van der Waals surface area contributed by atoms with Crippen molar-refractivity contribution in [2.75, 3.05) is 45.7 Å². The van der Waals surface area contributed by atoms with Crippen LogP contribution in [0.5, 0.6) is 0 Å². The number of amides is 1. The topological polar surface area (TPSA) is 56.7 Å². The van der Waals surface area contributed by atoms with Crippen molar-refractivity contribution in [3.63, 3.8) is 0 Å². The predicted octanol–water partition coefficient (Wildman–Crippen LogP) is 1.16. The van der Waals surface area contributed by atoms with Crippen LogP contribution < -0.4 is 10.6 Å². The maximum atomic E-state index is 11.5. The van der Waals surface area contributed by atoms with Gasteiger partial charge in [-0.15, -0.1) is 0 Å². The Morgan fingerprint density at radius 1 is 1.21 bits per heavy atom. The first-order valence-corrected chi connectivity index (χ1v) is 8.22. The Labute approximate surface area is 121 Å². The van der Waals surface area contributed by atoms with Crippen LogP contribution in [0, 0.1) is 0 Å². The lowest BCUT2D eigenvalue weighted by Gasteiger charge is -2.13. The highest BCUT2D eigenvalue weighted by Gasteiger charge is 2.03. The maximum absolute atomic E-state index is 11.5. The zero-order valence-corrected chi connectivity index (χ0v) is 13.5. The molecule has 0 aliphatic carbocycles. The van der Waals surface area contributed by atoms with Crippen LogP contribution in [-0.2, 0) is 4.79 Å². The van der Waals surface area contributed by atoms with Gasteiger partial charge in [-0.25, -0.2) is 4.99 Å². The summed E-state index contributed by atoms with van der Waals surface area (Å²) in [4.78, 5) is 17.3. The largest absolute Gasteiger partial charge is 0.356 e. The molecule has 0 fully saturated rings. The van der Waals surface area contributed by atoms with E-state index >= 15 is 0 Å². The number of aliphatic imine (C=N–C) groups is 1. The lowest BCUT2D eigenvalue weighted by atomic mass is 10.3. The van der Waals surface area contributed by atoms with E-state index in [0.717, 1.165) is 31.9 Å². The molecule has 0 aromatic carbocycles. The summed E-state index contributed by atoms with van der Waals surface area (Å²) in [6, 6.07) is 0. The number of carbonyl (C=O) groups is 1. The van der Waals surface area contributed by atoms with Crippen molar-refractivity contribution in [2.45, 2.75) is 26.2 Å². The summed E-state index contributed by atoms with van der Waals surface area (Å²) in [6.45, 7) is 4.06. The SMILES string of the molecule is CCCNC(=NCC(=O)N(C)C)NCCCCSC. The molecule has 5 nitrogen and oxygen atoms in total. The van der Waals surface area contributed by atoms with Crippen molar-refractivity contribution in [2.24, 2.45) is 4.99 Å². The third kappa shape index (κ3) is 10.7. The summed E-state index contributed by atoms with van der Waals surface area (Å²) in [5.74, 6) is 1.94. The Morgan fingerprint density at radius 2 is 1.89 bits per heavy atom. The van der Waals surface area contributed by atoms with Crippen molar-refractivity contribution in [1.82, 2.24) is 15.5 Å². The first-order chi connectivity index (χ1) is 9.11. The molecule has 1 amide bonds. The fourth-order valence-electron chi connectivity index (χ4n) is 1.28. The van der Waals surface area contributed by atoms with E-state index in [4.69, 9.17) is 0 Å². The monoisotopic (exact) mass is 288 g/mol. The second kappa shape index (κ2) is 12.1. The second-order valence-electron chi connectivity index (χ2n) is 4.51. The standard InChI is InChI=1S/C13H28N4OS/c1-5-8-14-13(15-9-6-7-10-19-4)16-11-12(18)17(2)3/h5-11H2,1-4H3,(H2,14,15,16). The van der Waals surface area contributed by atoms with Crippen LogP contribution in [0.3, 0.4) is 0 Å². The Morgan fingerprint density at radius 3 is 2.47 bits per heavy atom. The summed E-state index contributed by atoms with van der Waals surface area (Å²) in [5, 5.41) is 6.48. The number of likely N-dealkylation sites (N-methyl/N-ethyl adjacent to an activating group) is 1. The third-order valence-electron chi connectivity index (χ3n) is 2.48. The molecule has 2 N–H and O–H groups in total. The summed E-state index contributed by atoms with van der Waals surface area (Å²) in [7, 11) is 3.49. The summed E-state index contributed by atoms with van der Waals surface area (Å²) in [5.41, 5.74) is 0. The van der Waals surface area contributed by atoms with Gasteiger partial charge < -0.3 is 15.5 Å². The number of thioether (sulfide) groups is 1. The molecular weight excluding hydrogens is 260 g/mol. The minimum atomic E-state index is 0.0139. The molecule has 0 aromatic heterocycles. The van der Waals surface area contributed by atoms with Crippen LogP contribution in [-0.4, -0.2) is 62.5 Å². The van der Waals surface area contributed by atoms with E-state index in [2.05, 4.69) is 28.8 Å². The number of hydrogen-bond donors (Lipinski definition) is 2. The number of nitrogens with one attached hydrogen (secondary N) is 2. The summed E-state index contributed by atoms with van der Waals surface area (Å²) >= 11 is 1.87. The Bertz CT molecular complexity index is 269. The van der Waals surface area contributed by atoms with E-state index in [1.54, 1.807) is 19.0 Å². The van der Waals surface area contributed by atoms with Crippen molar-refractivity contribution in [1.29, 1.82) is 0 Å². The number of unbranched alkanes of at least 4 members (excludes halogenated alkanes) is 1. The lowest BCUT2D eigenvalue weighted by molar-refractivity contribution is -0.127. The Kier molecular flexibility index (Phi) is 11.6. The van der Waals surface area contributed by atoms with Gasteiger partial charge in [0.1, 0.15) is 6.54 Å². The fraction of sp³-hybridized carbons (Fsp3) is 0.846. The highest BCUT2D eigenvalue weighted by molar-refractivity contribution is 7.98. The average Bonchev–Trinajstić information content (AvgIpc) is 2.40. The molecule has 0 radical (unpaired) electrons. The first-order valence-electron chi connectivity index (χ1n) is 6.83. The molecule has 112 valence electrons. The lowest BCUT2D eigenvalue weighted by Crippen LogP contribution is -2.39. The minimum absolute atomic E-state index is 0.0139. The van der Waals surface area contributed by atoms with Gasteiger partial charge in [0.25, 0.3) is 0 Å². The van der Waals surface area contributed by atoms with Crippen molar-refractivity contribution >= 4 is 23.6 Å². The van der Waals surface area contributed by atoms with Gasteiger partial charge in [0.15, 0.2) is 5.96 Å². The van der Waals surface area contributed by atoms with E-state index in [1.807, 2.05) is 11.8 Å². The van der Waals surface area contributed by atoms with Gasteiger partial charge in [0, 0.05) is 27.2 Å². The van der Waals surface area contributed by atoms with E-state index in [0.29, 0.717) is 0 Å². The normalized spacial score (nSPS) is 11.3. The average molecular weight is 288 g/mol. The van der Waals surface area contributed by atoms with Gasteiger partial charge in [0.2, 0.25) is 5.91 Å². The molecular formula is C13H28N4OS. The van der Waals surface area contributed by atoms with Crippen molar-refractivity contribution in [3.05, 3.63) is 0 Å². The van der Waals surface area contributed by atoms with Gasteiger partial charge in [-0.3, -0.25) is 4.79 Å². The molecule has 0 saturated heterocycles. The molecule has 0 bridgehead atoms. The molecule has 0 heterocycles. The highest BCUT2D eigenvalue weighted by atomic mass is 32.2. The zero-order chi connectivity index (χ0) is 14.5. The van der Waals surface area contributed by atoms with Crippen molar-refractivity contribution in [3.8, 4) is 0 Å². The smallest absolute Gasteiger partial charge is 0.243 e. The molecule has 0 aliphatic rings.